The molecule has 1 amide bonds. The molecule has 0 atom stereocenters. The fourth-order valence-electron chi connectivity index (χ4n) is 4.74. The summed E-state index contributed by atoms with van der Waals surface area (Å²) in [5, 5.41) is 17.5. The average molecular weight is 497 g/mol. The minimum Gasteiger partial charge on any atom is -0.493 e. The largest absolute Gasteiger partial charge is 0.493 e. The molecule has 0 radical (unpaired) electrons. The number of halogens is 1. The van der Waals surface area contributed by atoms with Gasteiger partial charge in [-0.05, 0) is 44.0 Å². The van der Waals surface area contributed by atoms with E-state index in [1.54, 1.807) is 12.1 Å². The van der Waals surface area contributed by atoms with Crippen molar-refractivity contribution in [3.05, 3.63) is 46.5 Å². The first kappa shape index (κ1) is 23.4. The summed E-state index contributed by atoms with van der Waals surface area (Å²) in [5.74, 6) is 0.824. The predicted molar refractivity (Wildman–Crippen MR) is 136 cm³/mol. The second-order valence-corrected chi connectivity index (χ2v) is 9.39. The highest BCUT2D eigenvalue weighted by Gasteiger charge is 2.27. The normalized spacial score (nSPS) is 16.1. The van der Waals surface area contributed by atoms with Gasteiger partial charge in [-0.15, -0.1) is 0 Å². The number of benzene rings is 2. The summed E-state index contributed by atoms with van der Waals surface area (Å²) in [5.41, 5.74) is 8.55. The van der Waals surface area contributed by atoms with Gasteiger partial charge in [-0.1, -0.05) is 23.7 Å². The fourth-order valence-corrected chi connectivity index (χ4v) is 4.96. The van der Waals surface area contributed by atoms with Crippen molar-refractivity contribution in [2.45, 2.75) is 31.7 Å². The lowest BCUT2D eigenvalue weighted by Gasteiger charge is -2.32. The van der Waals surface area contributed by atoms with Gasteiger partial charge >= 0.3 is 0 Å². The monoisotopic (exact) mass is 496 g/mol. The van der Waals surface area contributed by atoms with E-state index in [2.05, 4.69) is 25.5 Å². The van der Waals surface area contributed by atoms with Gasteiger partial charge in [-0.2, -0.15) is 4.98 Å². The quantitative estimate of drug-likeness (QED) is 0.290. The van der Waals surface area contributed by atoms with Gasteiger partial charge in [-0.3, -0.25) is 4.79 Å². The van der Waals surface area contributed by atoms with Gasteiger partial charge in [0, 0.05) is 37.7 Å². The zero-order chi connectivity index (χ0) is 24.4. The Kier molecular flexibility index (Phi) is 6.79. The predicted octanol–water partition coefficient (Wildman–Crippen LogP) is 3.20. The molecule has 0 spiro atoms. The number of fused-ring (bicyclic) bond motifs is 2. The number of nitrogen functional groups attached to an aromatic ring is 1. The molecule has 9 nitrogen and oxygen atoms in total. The lowest BCUT2D eigenvalue weighted by molar-refractivity contribution is 0.0908. The molecule has 2 aromatic carbocycles. The van der Waals surface area contributed by atoms with Crippen molar-refractivity contribution in [2.24, 2.45) is 0 Å². The van der Waals surface area contributed by atoms with Crippen LogP contribution in [0.4, 0.5) is 11.6 Å². The minimum absolute atomic E-state index is 0.0139. The van der Waals surface area contributed by atoms with Gasteiger partial charge in [-0.25, -0.2) is 4.98 Å². The number of carbonyl (C=O) groups is 1. The number of rotatable bonds is 7. The van der Waals surface area contributed by atoms with Crippen LogP contribution < -0.4 is 21.1 Å². The van der Waals surface area contributed by atoms with E-state index in [1.165, 1.54) is 0 Å². The van der Waals surface area contributed by atoms with Gasteiger partial charge in [0.1, 0.15) is 5.75 Å². The number of hydrogen-bond donors (Lipinski definition) is 4. The number of nitrogens with one attached hydrogen (secondary N) is 2. The summed E-state index contributed by atoms with van der Waals surface area (Å²) in [6.07, 6.45) is 3.35. The molecular formula is C25H29ClN6O3. The third kappa shape index (κ3) is 5.06. The number of nitrogens with zero attached hydrogens (tertiary/aromatic N) is 3. The minimum atomic E-state index is -0.161. The molecule has 184 valence electrons. The third-order valence-electron chi connectivity index (χ3n) is 6.66. The van der Waals surface area contributed by atoms with Crippen molar-refractivity contribution in [3.8, 4) is 11.6 Å². The van der Waals surface area contributed by atoms with Crippen molar-refractivity contribution in [2.75, 3.05) is 43.8 Å². The topological polar surface area (TPSA) is 126 Å². The molecule has 5 rings (SSSR count). The number of piperidine rings is 1. The van der Waals surface area contributed by atoms with Crippen molar-refractivity contribution >= 4 is 40.0 Å². The van der Waals surface area contributed by atoms with Crippen molar-refractivity contribution < 1.29 is 14.6 Å². The number of anilines is 2. The van der Waals surface area contributed by atoms with Crippen molar-refractivity contribution in [1.29, 1.82) is 0 Å². The van der Waals surface area contributed by atoms with Crippen LogP contribution in [0.3, 0.4) is 0 Å². The summed E-state index contributed by atoms with van der Waals surface area (Å²) >= 11 is 6.24. The SMILES string of the molecule is Nc1c(Cl)cc(C(=O)NC2CCN(CCCNc3nc(O)c4ccccc4n3)CC2)c2c1CCO2. The van der Waals surface area contributed by atoms with Gasteiger partial charge < -0.3 is 31.1 Å². The fraction of sp³-hybridized carbons (Fsp3) is 0.400. The summed E-state index contributed by atoms with van der Waals surface area (Å²) < 4.78 is 5.67. The van der Waals surface area contributed by atoms with Gasteiger partial charge in [0.25, 0.3) is 5.91 Å². The molecule has 35 heavy (non-hydrogen) atoms. The molecule has 10 heteroatoms. The van der Waals surface area contributed by atoms with Crippen LogP contribution in [0.25, 0.3) is 10.9 Å². The van der Waals surface area contributed by atoms with E-state index in [1.807, 2.05) is 18.2 Å². The maximum atomic E-state index is 12.9. The highest BCUT2D eigenvalue weighted by atomic mass is 35.5. The standard InChI is InChI=1S/C25H29ClN6O3/c26-19-14-18(22-17(21(19)27)8-13-35-22)24(34)29-15-6-11-32(12-7-15)10-3-9-28-25-30-20-5-2-1-4-16(20)23(33)31-25/h1-2,4-5,14-15H,3,6-13,27H2,(H,29,34)(H2,28,30,31,33). The molecule has 3 heterocycles. The molecule has 0 unspecified atom stereocenters. The zero-order valence-electron chi connectivity index (χ0n) is 19.4. The summed E-state index contributed by atoms with van der Waals surface area (Å²) in [7, 11) is 0. The molecule has 0 bridgehead atoms. The maximum absolute atomic E-state index is 12.9. The van der Waals surface area contributed by atoms with E-state index in [0.717, 1.165) is 44.5 Å². The molecule has 2 aliphatic rings. The van der Waals surface area contributed by atoms with Crippen molar-refractivity contribution in [3.63, 3.8) is 0 Å². The van der Waals surface area contributed by atoms with E-state index >= 15 is 0 Å². The zero-order valence-corrected chi connectivity index (χ0v) is 20.1. The van der Waals surface area contributed by atoms with Crippen molar-refractivity contribution in [1.82, 2.24) is 20.2 Å². The second kappa shape index (κ2) is 10.1. The highest BCUT2D eigenvalue weighted by molar-refractivity contribution is 6.33. The number of aromatic hydroxyl groups is 1. The number of aromatic nitrogens is 2. The maximum Gasteiger partial charge on any atom is 0.255 e. The van der Waals surface area contributed by atoms with Gasteiger partial charge in [0.2, 0.25) is 11.8 Å². The molecule has 0 saturated carbocycles. The van der Waals surface area contributed by atoms with Crippen LogP contribution in [0.5, 0.6) is 11.6 Å². The van der Waals surface area contributed by atoms with E-state index in [-0.39, 0.29) is 17.8 Å². The Morgan fingerprint density at radius 3 is 2.89 bits per heavy atom. The highest BCUT2D eigenvalue weighted by Crippen LogP contribution is 2.38. The molecule has 1 fully saturated rings. The van der Waals surface area contributed by atoms with Crippen LogP contribution in [0.15, 0.2) is 30.3 Å². The summed E-state index contributed by atoms with van der Waals surface area (Å²) in [6.45, 7) is 3.98. The number of likely N-dealkylation sites (tertiary alicyclic amines) is 1. The van der Waals surface area contributed by atoms with Crippen LogP contribution in [-0.2, 0) is 6.42 Å². The Labute approximate surface area is 208 Å². The molecule has 1 aromatic heterocycles. The van der Waals surface area contributed by atoms with Crippen LogP contribution in [0, 0.1) is 0 Å². The Morgan fingerprint density at radius 1 is 1.26 bits per heavy atom. The summed E-state index contributed by atoms with van der Waals surface area (Å²) in [4.78, 5) is 23.9. The Morgan fingerprint density at radius 2 is 2.06 bits per heavy atom. The van der Waals surface area contributed by atoms with Crippen LogP contribution in [0.2, 0.25) is 5.02 Å². The number of hydrogen-bond acceptors (Lipinski definition) is 8. The smallest absolute Gasteiger partial charge is 0.255 e. The number of nitrogens with two attached hydrogens (primary N) is 1. The summed E-state index contributed by atoms with van der Waals surface area (Å²) in [6, 6.07) is 9.10. The molecule has 1 saturated heterocycles. The van der Waals surface area contributed by atoms with E-state index in [0.29, 0.717) is 58.4 Å². The number of para-hydroxylation sites is 1. The Hall–Kier alpha value is -3.30. The van der Waals surface area contributed by atoms with Gasteiger partial charge in [0.15, 0.2) is 0 Å². The molecule has 0 aliphatic carbocycles. The second-order valence-electron chi connectivity index (χ2n) is 8.98. The Bertz CT molecular complexity index is 1250. The average Bonchev–Trinajstić information content (AvgIpc) is 3.35. The molecular weight excluding hydrogens is 468 g/mol. The Balaban J connectivity index is 1.07. The van der Waals surface area contributed by atoms with E-state index in [9.17, 15) is 9.90 Å². The molecule has 2 aliphatic heterocycles. The van der Waals surface area contributed by atoms with E-state index < -0.39 is 0 Å². The van der Waals surface area contributed by atoms with Gasteiger partial charge in [0.05, 0.1) is 33.8 Å². The van der Waals surface area contributed by atoms with Crippen LogP contribution in [-0.4, -0.2) is 64.7 Å². The number of ether oxygens (including phenoxy) is 1. The first-order valence-corrected chi connectivity index (χ1v) is 12.3. The molecule has 3 aromatic rings. The van der Waals surface area contributed by atoms with E-state index in [4.69, 9.17) is 22.1 Å². The lowest BCUT2D eigenvalue weighted by Crippen LogP contribution is -2.45. The first-order chi connectivity index (χ1) is 17.0. The number of carbonyl (C=O) groups excluding carboxylic acids is 1. The first-order valence-electron chi connectivity index (χ1n) is 12.0. The van der Waals surface area contributed by atoms with Crippen LogP contribution >= 0.6 is 11.6 Å². The third-order valence-corrected chi connectivity index (χ3v) is 6.97. The van der Waals surface area contributed by atoms with Crippen LogP contribution in [0.1, 0.15) is 35.2 Å². The molecule has 5 N–H and O–H groups in total. The number of amides is 1. The lowest BCUT2D eigenvalue weighted by atomic mass is 10.0.